The largest absolute Gasteiger partial charge is 0.493 e. The van der Waals surface area contributed by atoms with Gasteiger partial charge in [0.15, 0.2) is 11.5 Å². The van der Waals surface area contributed by atoms with Gasteiger partial charge >= 0.3 is 5.97 Å². The fourth-order valence-electron chi connectivity index (χ4n) is 1.86. The number of nitrogens with zero attached hydrogens (tertiary/aromatic N) is 1. The molecule has 0 aliphatic carbocycles. The molecule has 0 bridgehead atoms. The van der Waals surface area contributed by atoms with E-state index < -0.39 is 16.0 Å². The van der Waals surface area contributed by atoms with Gasteiger partial charge in [0.25, 0.3) is 0 Å². The Morgan fingerprint density at radius 1 is 1.29 bits per heavy atom. The summed E-state index contributed by atoms with van der Waals surface area (Å²) in [4.78, 5) is 11.1. The van der Waals surface area contributed by atoms with Gasteiger partial charge in [-0.05, 0) is 12.5 Å². The first-order valence-electron chi connectivity index (χ1n) is 6.25. The number of ether oxygens (including phenoxy) is 2. The number of benzene rings is 1. The van der Waals surface area contributed by atoms with Crippen LogP contribution < -0.4 is 9.47 Å². The van der Waals surface area contributed by atoms with Crippen LogP contribution in [0.1, 0.15) is 23.7 Å². The van der Waals surface area contributed by atoms with E-state index in [1.165, 1.54) is 31.6 Å². The zero-order chi connectivity index (χ0) is 16.2. The van der Waals surface area contributed by atoms with E-state index in [-0.39, 0.29) is 22.0 Å². The molecule has 0 unspecified atom stereocenters. The van der Waals surface area contributed by atoms with Crippen molar-refractivity contribution in [2.24, 2.45) is 0 Å². The van der Waals surface area contributed by atoms with Crippen LogP contribution in [0.2, 0.25) is 0 Å². The molecule has 0 amide bonds. The SMILES string of the molecule is CCCN(C)S(=O)(=O)c1cc(OC)c(OC)c(C(=O)O)c1. The molecule has 0 aliphatic rings. The summed E-state index contributed by atoms with van der Waals surface area (Å²) in [6.45, 7) is 2.18. The standard InChI is InChI=1S/C13H19NO6S/c1-5-6-14(2)21(17,18)9-7-10(13(15)16)12(20-4)11(8-9)19-3/h7-8H,5-6H2,1-4H3,(H,15,16). The molecule has 0 spiro atoms. The highest BCUT2D eigenvalue weighted by atomic mass is 32.2. The van der Waals surface area contributed by atoms with E-state index in [1.54, 1.807) is 0 Å². The van der Waals surface area contributed by atoms with Crippen LogP contribution in [0.4, 0.5) is 0 Å². The van der Waals surface area contributed by atoms with Crippen LogP contribution in [-0.4, -0.2) is 51.6 Å². The van der Waals surface area contributed by atoms with E-state index in [2.05, 4.69) is 0 Å². The summed E-state index contributed by atoms with van der Waals surface area (Å²) in [5, 5.41) is 9.20. The van der Waals surface area contributed by atoms with E-state index >= 15 is 0 Å². The number of carboxylic acid groups (broad SMARTS) is 1. The maximum absolute atomic E-state index is 12.4. The van der Waals surface area contributed by atoms with E-state index in [1.807, 2.05) is 6.92 Å². The predicted octanol–water partition coefficient (Wildman–Crippen LogP) is 1.43. The number of carbonyl (C=O) groups is 1. The van der Waals surface area contributed by atoms with Crippen LogP contribution in [0.25, 0.3) is 0 Å². The quantitative estimate of drug-likeness (QED) is 0.818. The van der Waals surface area contributed by atoms with E-state index in [0.717, 1.165) is 6.07 Å². The Balaban J connectivity index is 3.52. The lowest BCUT2D eigenvalue weighted by Crippen LogP contribution is -2.28. The van der Waals surface area contributed by atoms with Crippen LogP contribution in [-0.2, 0) is 10.0 Å². The predicted molar refractivity (Wildman–Crippen MR) is 76.6 cm³/mol. The number of carboxylic acids is 1. The Labute approximate surface area is 124 Å². The third-order valence-electron chi connectivity index (χ3n) is 2.93. The van der Waals surface area contributed by atoms with Crippen molar-refractivity contribution in [2.45, 2.75) is 18.2 Å². The number of sulfonamides is 1. The molecule has 21 heavy (non-hydrogen) atoms. The Morgan fingerprint density at radius 3 is 2.33 bits per heavy atom. The van der Waals surface area contributed by atoms with Gasteiger partial charge in [-0.1, -0.05) is 6.92 Å². The number of methoxy groups -OCH3 is 2. The highest BCUT2D eigenvalue weighted by Crippen LogP contribution is 2.34. The first-order chi connectivity index (χ1) is 9.79. The van der Waals surface area contributed by atoms with E-state index in [9.17, 15) is 18.3 Å². The normalized spacial score (nSPS) is 11.5. The molecule has 7 nitrogen and oxygen atoms in total. The Bertz CT molecular complexity index is 626. The number of aromatic carboxylic acids is 1. The third-order valence-corrected chi connectivity index (χ3v) is 4.76. The smallest absolute Gasteiger partial charge is 0.339 e. The van der Waals surface area contributed by atoms with Gasteiger partial charge in [-0.15, -0.1) is 0 Å². The summed E-state index contributed by atoms with van der Waals surface area (Å²) >= 11 is 0. The Hall–Kier alpha value is -1.80. The summed E-state index contributed by atoms with van der Waals surface area (Å²) in [5.74, 6) is -1.25. The molecule has 0 saturated carbocycles. The van der Waals surface area contributed by atoms with Crippen LogP contribution in [0, 0.1) is 0 Å². The van der Waals surface area contributed by atoms with Crippen LogP contribution in [0.15, 0.2) is 17.0 Å². The molecule has 0 aliphatic heterocycles. The van der Waals surface area contributed by atoms with Gasteiger partial charge in [0.1, 0.15) is 5.56 Å². The van der Waals surface area contributed by atoms with Crippen molar-refractivity contribution >= 4 is 16.0 Å². The lowest BCUT2D eigenvalue weighted by molar-refractivity contribution is 0.0692. The molecule has 8 heteroatoms. The van der Waals surface area contributed by atoms with Gasteiger partial charge in [0.2, 0.25) is 10.0 Å². The highest BCUT2D eigenvalue weighted by Gasteiger charge is 2.26. The second-order valence-electron chi connectivity index (χ2n) is 4.34. The molecule has 1 N–H and O–H groups in total. The minimum atomic E-state index is -3.78. The Kier molecular flexibility index (Phi) is 5.56. The summed E-state index contributed by atoms with van der Waals surface area (Å²) in [6.07, 6.45) is 0.648. The van der Waals surface area contributed by atoms with Gasteiger partial charge in [-0.3, -0.25) is 0 Å². The van der Waals surface area contributed by atoms with Crippen molar-refractivity contribution in [3.8, 4) is 11.5 Å². The highest BCUT2D eigenvalue weighted by molar-refractivity contribution is 7.89. The molecule has 0 fully saturated rings. The number of rotatable bonds is 7. The summed E-state index contributed by atoms with van der Waals surface area (Å²) < 4.78 is 36.0. The van der Waals surface area contributed by atoms with Crippen molar-refractivity contribution in [2.75, 3.05) is 27.8 Å². The molecule has 1 rings (SSSR count). The second-order valence-corrected chi connectivity index (χ2v) is 6.38. The second kappa shape index (κ2) is 6.77. The van der Waals surface area contributed by atoms with Gasteiger partial charge in [0.05, 0.1) is 19.1 Å². The minimum Gasteiger partial charge on any atom is -0.493 e. The fraction of sp³-hybridized carbons (Fsp3) is 0.462. The Morgan fingerprint density at radius 2 is 1.90 bits per heavy atom. The zero-order valence-corrected chi connectivity index (χ0v) is 13.2. The molecule has 0 radical (unpaired) electrons. The molecule has 0 saturated heterocycles. The summed E-state index contributed by atoms with van der Waals surface area (Å²) in [6, 6.07) is 2.33. The third kappa shape index (κ3) is 3.45. The maximum Gasteiger partial charge on any atom is 0.339 e. The monoisotopic (exact) mass is 317 g/mol. The molecular formula is C13H19NO6S. The van der Waals surface area contributed by atoms with Crippen LogP contribution >= 0.6 is 0 Å². The van der Waals surface area contributed by atoms with Crippen molar-refractivity contribution in [3.05, 3.63) is 17.7 Å². The molecule has 0 aromatic heterocycles. The lowest BCUT2D eigenvalue weighted by atomic mass is 10.2. The van der Waals surface area contributed by atoms with E-state index in [0.29, 0.717) is 13.0 Å². The maximum atomic E-state index is 12.4. The van der Waals surface area contributed by atoms with Gasteiger partial charge in [0, 0.05) is 19.7 Å². The molecular weight excluding hydrogens is 298 g/mol. The van der Waals surface area contributed by atoms with Gasteiger partial charge in [-0.2, -0.15) is 0 Å². The molecule has 118 valence electrons. The molecule has 0 heterocycles. The molecule has 1 aromatic carbocycles. The lowest BCUT2D eigenvalue weighted by Gasteiger charge is -2.18. The molecule has 0 atom stereocenters. The van der Waals surface area contributed by atoms with Crippen LogP contribution in [0.5, 0.6) is 11.5 Å². The summed E-state index contributed by atoms with van der Waals surface area (Å²) in [5.41, 5.74) is -0.264. The number of hydrogen-bond donors (Lipinski definition) is 1. The van der Waals surface area contributed by atoms with Gasteiger partial charge in [-0.25, -0.2) is 17.5 Å². The average molecular weight is 317 g/mol. The van der Waals surface area contributed by atoms with Crippen molar-refractivity contribution in [1.29, 1.82) is 0 Å². The van der Waals surface area contributed by atoms with Crippen molar-refractivity contribution < 1.29 is 27.8 Å². The van der Waals surface area contributed by atoms with Crippen molar-refractivity contribution in [3.63, 3.8) is 0 Å². The zero-order valence-electron chi connectivity index (χ0n) is 12.4. The first kappa shape index (κ1) is 17.3. The van der Waals surface area contributed by atoms with Crippen LogP contribution in [0.3, 0.4) is 0 Å². The summed E-state index contributed by atoms with van der Waals surface area (Å²) in [7, 11) is 0.269. The number of hydrogen-bond acceptors (Lipinski definition) is 5. The van der Waals surface area contributed by atoms with Crippen molar-refractivity contribution in [1.82, 2.24) is 4.31 Å². The van der Waals surface area contributed by atoms with E-state index in [4.69, 9.17) is 9.47 Å². The minimum absolute atomic E-state index is 0.0119. The molecule has 1 aromatic rings. The average Bonchev–Trinajstić information content (AvgIpc) is 2.45. The van der Waals surface area contributed by atoms with Gasteiger partial charge < -0.3 is 14.6 Å². The first-order valence-corrected chi connectivity index (χ1v) is 7.69. The topological polar surface area (TPSA) is 93.1 Å². The fourth-order valence-corrected chi connectivity index (χ4v) is 3.17.